The fourth-order valence-electron chi connectivity index (χ4n) is 4.28. The second-order valence-corrected chi connectivity index (χ2v) is 8.01. The molecule has 1 saturated carbocycles. The number of rotatable bonds is 3. The molecule has 1 aromatic heterocycles. The number of likely N-dealkylation sites (tertiary alicyclic amines) is 1. The molecule has 128 valence electrons. The predicted molar refractivity (Wildman–Crippen MR) is 90.2 cm³/mol. The first kappa shape index (κ1) is 15.8. The van der Waals surface area contributed by atoms with Gasteiger partial charge in [0, 0.05) is 30.9 Å². The molecule has 2 aliphatic heterocycles. The molecule has 3 heterocycles. The summed E-state index contributed by atoms with van der Waals surface area (Å²) in [5, 5.41) is 2.07. The van der Waals surface area contributed by atoms with E-state index in [0.29, 0.717) is 6.54 Å². The Balaban J connectivity index is 1.36. The highest BCUT2D eigenvalue weighted by atomic mass is 32.1. The van der Waals surface area contributed by atoms with E-state index >= 15 is 0 Å². The van der Waals surface area contributed by atoms with E-state index in [9.17, 15) is 14.4 Å². The summed E-state index contributed by atoms with van der Waals surface area (Å²) in [5.41, 5.74) is 1.24. The summed E-state index contributed by atoms with van der Waals surface area (Å²) in [6, 6.07) is 2.08. The molecule has 4 rings (SSSR count). The summed E-state index contributed by atoms with van der Waals surface area (Å²) in [7, 11) is 0. The highest BCUT2D eigenvalue weighted by Gasteiger charge is 2.47. The number of hydrogen-bond donors (Lipinski definition) is 0. The quantitative estimate of drug-likeness (QED) is 0.789. The lowest BCUT2D eigenvalue weighted by Crippen LogP contribution is -2.39. The van der Waals surface area contributed by atoms with Crippen molar-refractivity contribution in [2.24, 2.45) is 11.8 Å². The Hall–Kier alpha value is -1.69. The Bertz CT molecular complexity index is 660. The molecule has 24 heavy (non-hydrogen) atoms. The van der Waals surface area contributed by atoms with Gasteiger partial charge in [-0.15, -0.1) is 11.3 Å². The van der Waals surface area contributed by atoms with Gasteiger partial charge in [0.05, 0.1) is 11.8 Å². The van der Waals surface area contributed by atoms with Crippen LogP contribution in [0.1, 0.15) is 42.5 Å². The van der Waals surface area contributed by atoms with Gasteiger partial charge >= 0.3 is 0 Å². The fourth-order valence-corrected chi connectivity index (χ4v) is 5.17. The second kappa shape index (κ2) is 6.31. The van der Waals surface area contributed by atoms with E-state index in [1.165, 1.54) is 15.3 Å². The van der Waals surface area contributed by atoms with Crippen molar-refractivity contribution < 1.29 is 14.4 Å². The average Bonchev–Trinajstić information content (AvgIpc) is 3.17. The van der Waals surface area contributed by atoms with Crippen LogP contribution in [0.2, 0.25) is 0 Å². The van der Waals surface area contributed by atoms with Crippen LogP contribution >= 0.6 is 11.3 Å². The third-order valence-electron chi connectivity index (χ3n) is 5.64. The van der Waals surface area contributed by atoms with Crippen LogP contribution in [-0.4, -0.2) is 40.6 Å². The zero-order valence-electron chi connectivity index (χ0n) is 13.7. The van der Waals surface area contributed by atoms with Crippen molar-refractivity contribution in [2.45, 2.75) is 45.1 Å². The molecule has 3 amide bonds. The number of imide groups is 1. The number of carbonyl (C=O) groups excluding carboxylic acids is 3. The summed E-state index contributed by atoms with van der Waals surface area (Å²) in [5.74, 6) is -0.288. The minimum absolute atomic E-state index is 0.0438. The minimum atomic E-state index is -0.121. The van der Waals surface area contributed by atoms with Crippen LogP contribution in [0.25, 0.3) is 0 Å². The normalized spacial score (nSPS) is 26.5. The van der Waals surface area contributed by atoms with Gasteiger partial charge in [0.15, 0.2) is 0 Å². The number of thiophene rings is 1. The van der Waals surface area contributed by atoms with E-state index in [-0.39, 0.29) is 42.5 Å². The zero-order valence-corrected chi connectivity index (χ0v) is 14.5. The summed E-state index contributed by atoms with van der Waals surface area (Å²) >= 11 is 1.75. The summed E-state index contributed by atoms with van der Waals surface area (Å²) < 4.78 is 0. The van der Waals surface area contributed by atoms with E-state index in [2.05, 4.69) is 11.4 Å². The van der Waals surface area contributed by atoms with Crippen LogP contribution in [0.4, 0.5) is 0 Å². The number of hydrogen-bond acceptors (Lipinski definition) is 4. The molecular weight excluding hydrogens is 324 g/mol. The summed E-state index contributed by atoms with van der Waals surface area (Å²) in [6.07, 6.45) is 4.87. The van der Waals surface area contributed by atoms with Crippen LogP contribution in [0.15, 0.2) is 11.4 Å². The van der Waals surface area contributed by atoms with Gasteiger partial charge in [0.2, 0.25) is 17.7 Å². The molecule has 6 heteroatoms. The summed E-state index contributed by atoms with van der Waals surface area (Å²) in [4.78, 5) is 42.0. The van der Waals surface area contributed by atoms with Gasteiger partial charge in [0.25, 0.3) is 0 Å². The molecule has 0 aromatic carbocycles. The highest BCUT2D eigenvalue weighted by Crippen LogP contribution is 2.38. The number of nitrogens with zero attached hydrogens (tertiary/aromatic N) is 2. The van der Waals surface area contributed by atoms with Crippen molar-refractivity contribution in [3.8, 4) is 0 Å². The molecule has 1 saturated heterocycles. The van der Waals surface area contributed by atoms with E-state index in [1.807, 2.05) is 4.90 Å². The second-order valence-electron chi connectivity index (χ2n) is 7.01. The average molecular weight is 346 g/mol. The van der Waals surface area contributed by atoms with E-state index in [0.717, 1.165) is 38.6 Å². The predicted octanol–water partition coefficient (Wildman–Crippen LogP) is 2.20. The Morgan fingerprint density at radius 3 is 2.58 bits per heavy atom. The van der Waals surface area contributed by atoms with Crippen molar-refractivity contribution in [2.75, 3.05) is 13.1 Å². The lowest BCUT2D eigenvalue weighted by atomic mass is 9.81. The monoisotopic (exact) mass is 346 g/mol. The molecule has 1 aliphatic carbocycles. The maximum Gasteiger partial charge on any atom is 0.233 e. The molecule has 0 bridgehead atoms. The fraction of sp³-hybridized carbons (Fsp3) is 0.611. The van der Waals surface area contributed by atoms with Crippen molar-refractivity contribution in [3.63, 3.8) is 0 Å². The molecule has 1 aromatic rings. The van der Waals surface area contributed by atoms with Crippen LogP contribution in [0.3, 0.4) is 0 Å². The molecule has 0 spiro atoms. The van der Waals surface area contributed by atoms with Gasteiger partial charge in [-0.1, -0.05) is 12.8 Å². The Kier molecular flexibility index (Phi) is 4.16. The van der Waals surface area contributed by atoms with Crippen molar-refractivity contribution in [3.05, 3.63) is 21.9 Å². The van der Waals surface area contributed by atoms with Gasteiger partial charge in [-0.3, -0.25) is 19.3 Å². The number of amides is 3. The largest absolute Gasteiger partial charge is 0.338 e. The summed E-state index contributed by atoms with van der Waals surface area (Å²) in [6.45, 7) is 1.64. The van der Waals surface area contributed by atoms with Crippen LogP contribution in [0.5, 0.6) is 0 Å². The van der Waals surface area contributed by atoms with Gasteiger partial charge in [-0.25, -0.2) is 0 Å². The topological polar surface area (TPSA) is 57.7 Å². The lowest BCUT2D eigenvalue weighted by Gasteiger charge is -2.27. The molecule has 0 unspecified atom stereocenters. The van der Waals surface area contributed by atoms with Gasteiger partial charge < -0.3 is 4.90 Å². The third kappa shape index (κ3) is 2.66. The molecular formula is C18H22N2O3S. The van der Waals surface area contributed by atoms with E-state index in [4.69, 9.17) is 0 Å². The van der Waals surface area contributed by atoms with Crippen molar-refractivity contribution >= 4 is 29.1 Å². The minimum Gasteiger partial charge on any atom is -0.338 e. The molecule has 5 nitrogen and oxygen atoms in total. The van der Waals surface area contributed by atoms with Gasteiger partial charge in [0.1, 0.15) is 0 Å². The first-order chi connectivity index (χ1) is 11.6. The van der Waals surface area contributed by atoms with Crippen LogP contribution in [0, 0.1) is 11.8 Å². The SMILES string of the molecule is O=C(CCN1C(=O)[C@H]2CCCC[C@H]2C1=O)N1CCc2sccc2C1. The first-order valence-corrected chi connectivity index (χ1v) is 9.71. The zero-order chi connectivity index (χ0) is 16.7. The highest BCUT2D eigenvalue weighted by molar-refractivity contribution is 7.10. The molecule has 0 N–H and O–H groups in total. The van der Waals surface area contributed by atoms with E-state index < -0.39 is 0 Å². The smallest absolute Gasteiger partial charge is 0.233 e. The maximum absolute atomic E-state index is 12.5. The molecule has 0 radical (unpaired) electrons. The van der Waals surface area contributed by atoms with E-state index in [1.54, 1.807) is 11.3 Å². The van der Waals surface area contributed by atoms with Crippen LogP contribution < -0.4 is 0 Å². The standard InChI is InChI=1S/C18H22N2O3S/c21-16(19-8-5-15-12(11-19)7-10-24-15)6-9-20-17(22)13-3-1-2-4-14(13)18(20)23/h7,10,13-14H,1-6,8-9,11H2/t13-,14+. The maximum atomic E-state index is 12.5. The lowest BCUT2D eigenvalue weighted by molar-refractivity contribution is -0.141. The number of carbonyl (C=O) groups is 3. The molecule has 2 fully saturated rings. The van der Waals surface area contributed by atoms with Crippen molar-refractivity contribution in [1.82, 2.24) is 9.80 Å². The first-order valence-electron chi connectivity index (χ1n) is 8.83. The third-order valence-corrected chi connectivity index (χ3v) is 6.67. The Morgan fingerprint density at radius 2 is 1.88 bits per heavy atom. The van der Waals surface area contributed by atoms with Gasteiger partial charge in [-0.05, 0) is 36.3 Å². The molecule has 2 atom stereocenters. The van der Waals surface area contributed by atoms with Crippen LogP contribution in [-0.2, 0) is 27.3 Å². The van der Waals surface area contributed by atoms with Gasteiger partial charge in [-0.2, -0.15) is 0 Å². The Labute approximate surface area is 145 Å². The molecule has 3 aliphatic rings. The Morgan fingerprint density at radius 1 is 1.17 bits per heavy atom. The number of fused-ring (bicyclic) bond motifs is 2. The van der Waals surface area contributed by atoms with Crippen molar-refractivity contribution in [1.29, 1.82) is 0 Å².